The fraction of sp³-hybridized carbons (Fsp3) is 0.214. The number of rotatable bonds is 7. The molecule has 0 saturated heterocycles. The van der Waals surface area contributed by atoms with Crippen molar-refractivity contribution in [2.75, 3.05) is 6.61 Å². The number of aliphatic imine (C=N–C) groups is 1. The molecule has 0 atom stereocenters. The summed E-state index contributed by atoms with van der Waals surface area (Å²) in [6.45, 7) is 1.64. The Kier molecular flexibility index (Phi) is 5.01. The Labute approximate surface area is 112 Å². The van der Waals surface area contributed by atoms with Gasteiger partial charge in [-0.25, -0.2) is 4.99 Å². The Morgan fingerprint density at radius 3 is 2.63 bits per heavy atom. The van der Waals surface area contributed by atoms with Crippen LogP contribution in [0.25, 0.3) is 0 Å². The van der Waals surface area contributed by atoms with Crippen LogP contribution in [0.4, 0.5) is 5.69 Å². The molecule has 5 heteroatoms. The van der Waals surface area contributed by atoms with E-state index in [4.69, 9.17) is 9.94 Å². The standard InChI is InChI=1S/C14H17N3O2/c18-16-12-15-13-4-6-14(7-5-13)19-11-3-10-17-8-1-2-9-17/h1-2,4-9,12,18H,3,10-11H2,(H,15,16). The zero-order valence-electron chi connectivity index (χ0n) is 10.6. The monoisotopic (exact) mass is 259 g/mol. The van der Waals surface area contributed by atoms with Crippen molar-refractivity contribution in [1.82, 2.24) is 10.0 Å². The second kappa shape index (κ2) is 7.23. The molecule has 2 rings (SSSR count). The molecule has 0 fully saturated rings. The van der Waals surface area contributed by atoms with Crippen molar-refractivity contribution in [3.63, 3.8) is 0 Å². The zero-order valence-corrected chi connectivity index (χ0v) is 10.6. The summed E-state index contributed by atoms with van der Waals surface area (Å²) < 4.78 is 7.76. The van der Waals surface area contributed by atoms with E-state index in [9.17, 15) is 0 Å². The number of hydrogen-bond acceptors (Lipinski definition) is 3. The summed E-state index contributed by atoms with van der Waals surface area (Å²) in [5, 5.41) is 8.38. The lowest BCUT2D eigenvalue weighted by atomic mass is 10.3. The van der Waals surface area contributed by atoms with Crippen LogP contribution in [0.2, 0.25) is 0 Å². The minimum absolute atomic E-state index is 0.680. The number of aryl methyl sites for hydroxylation is 1. The summed E-state index contributed by atoms with van der Waals surface area (Å²) >= 11 is 0. The quantitative estimate of drug-likeness (QED) is 0.348. The first-order valence-corrected chi connectivity index (χ1v) is 6.14. The van der Waals surface area contributed by atoms with Crippen molar-refractivity contribution in [3.05, 3.63) is 48.8 Å². The molecule has 2 N–H and O–H groups in total. The van der Waals surface area contributed by atoms with Gasteiger partial charge in [-0.15, -0.1) is 0 Å². The summed E-state index contributed by atoms with van der Waals surface area (Å²) in [5.41, 5.74) is 2.61. The second-order valence-electron chi connectivity index (χ2n) is 4.00. The van der Waals surface area contributed by atoms with Gasteiger partial charge >= 0.3 is 0 Å². The topological polar surface area (TPSA) is 58.8 Å². The number of hydrogen-bond donors (Lipinski definition) is 2. The summed E-state index contributed by atoms with van der Waals surface area (Å²) in [4.78, 5) is 3.95. The molecular formula is C14H17N3O2. The molecule has 100 valence electrons. The number of ether oxygens (including phenoxy) is 1. The van der Waals surface area contributed by atoms with Gasteiger partial charge in [0.25, 0.3) is 0 Å². The number of aromatic nitrogens is 1. The first-order chi connectivity index (χ1) is 9.38. The minimum Gasteiger partial charge on any atom is -0.494 e. The molecule has 0 aliphatic rings. The molecule has 0 aliphatic carbocycles. The molecular weight excluding hydrogens is 242 g/mol. The maximum atomic E-state index is 8.38. The SMILES string of the molecule is ONC=Nc1ccc(OCCCn2cccc2)cc1. The molecule has 0 radical (unpaired) electrons. The fourth-order valence-electron chi connectivity index (χ4n) is 1.69. The van der Waals surface area contributed by atoms with Crippen LogP contribution in [0.15, 0.2) is 53.8 Å². The van der Waals surface area contributed by atoms with Gasteiger partial charge in [-0.2, -0.15) is 0 Å². The predicted octanol–water partition coefficient (Wildman–Crippen LogP) is 2.60. The summed E-state index contributed by atoms with van der Waals surface area (Å²) in [6, 6.07) is 11.4. The molecule has 0 amide bonds. The third-order valence-electron chi connectivity index (χ3n) is 2.60. The number of hydroxylamine groups is 1. The molecule has 2 aromatic rings. The molecule has 0 saturated carbocycles. The Hall–Kier alpha value is -2.27. The fourth-order valence-corrected chi connectivity index (χ4v) is 1.69. The Balaban J connectivity index is 1.72. The first kappa shape index (κ1) is 13.2. The second-order valence-corrected chi connectivity index (χ2v) is 4.00. The van der Waals surface area contributed by atoms with Crippen molar-refractivity contribution in [1.29, 1.82) is 0 Å². The van der Waals surface area contributed by atoms with Gasteiger partial charge in [0.15, 0.2) is 0 Å². The normalized spacial score (nSPS) is 10.8. The molecule has 5 nitrogen and oxygen atoms in total. The highest BCUT2D eigenvalue weighted by molar-refractivity contribution is 5.59. The predicted molar refractivity (Wildman–Crippen MR) is 74.1 cm³/mol. The van der Waals surface area contributed by atoms with E-state index in [-0.39, 0.29) is 0 Å². The summed E-state index contributed by atoms with van der Waals surface area (Å²) in [5.74, 6) is 0.823. The van der Waals surface area contributed by atoms with E-state index in [0.717, 1.165) is 24.4 Å². The van der Waals surface area contributed by atoms with Crippen LogP contribution in [0, 0.1) is 0 Å². The first-order valence-electron chi connectivity index (χ1n) is 6.14. The maximum absolute atomic E-state index is 8.38. The van der Waals surface area contributed by atoms with Gasteiger partial charge in [0.05, 0.1) is 12.3 Å². The van der Waals surface area contributed by atoms with Gasteiger partial charge in [0.2, 0.25) is 0 Å². The zero-order chi connectivity index (χ0) is 13.3. The van der Waals surface area contributed by atoms with Crippen molar-refractivity contribution in [3.8, 4) is 5.75 Å². The van der Waals surface area contributed by atoms with Crippen molar-refractivity contribution < 1.29 is 9.94 Å². The molecule has 0 bridgehead atoms. The summed E-state index contributed by atoms with van der Waals surface area (Å²) in [6.07, 6.45) is 6.26. The summed E-state index contributed by atoms with van der Waals surface area (Å²) in [7, 11) is 0. The molecule has 0 aliphatic heterocycles. The van der Waals surface area contributed by atoms with Crippen LogP contribution in [0.3, 0.4) is 0 Å². The molecule has 19 heavy (non-hydrogen) atoms. The lowest BCUT2D eigenvalue weighted by Gasteiger charge is -2.07. The lowest BCUT2D eigenvalue weighted by molar-refractivity contribution is 0.240. The average Bonchev–Trinajstić information content (AvgIpc) is 2.96. The van der Waals surface area contributed by atoms with Crippen LogP contribution < -0.4 is 10.2 Å². The average molecular weight is 259 g/mol. The largest absolute Gasteiger partial charge is 0.494 e. The third-order valence-corrected chi connectivity index (χ3v) is 2.60. The van der Waals surface area contributed by atoms with Gasteiger partial charge in [0, 0.05) is 18.9 Å². The van der Waals surface area contributed by atoms with Gasteiger partial charge < -0.3 is 9.30 Å². The van der Waals surface area contributed by atoms with Crippen molar-refractivity contribution in [2.45, 2.75) is 13.0 Å². The van der Waals surface area contributed by atoms with Gasteiger partial charge in [-0.3, -0.25) is 10.7 Å². The number of nitrogens with zero attached hydrogens (tertiary/aromatic N) is 2. The molecule has 0 spiro atoms. The minimum atomic E-state index is 0.680. The van der Waals surface area contributed by atoms with Crippen LogP contribution in [0.1, 0.15) is 6.42 Å². The highest BCUT2D eigenvalue weighted by atomic mass is 16.5. The van der Waals surface area contributed by atoms with E-state index in [0.29, 0.717) is 6.61 Å². The van der Waals surface area contributed by atoms with E-state index in [2.05, 4.69) is 9.56 Å². The van der Waals surface area contributed by atoms with E-state index in [1.165, 1.54) is 6.34 Å². The number of benzene rings is 1. The lowest BCUT2D eigenvalue weighted by Crippen LogP contribution is -2.02. The van der Waals surface area contributed by atoms with Gasteiger partial charge in [-0.05, 0) is 42.8 Å². The molecule has 0 unspecified atom stereocenters. The van der Waals surface area contributed by atoms with Gasteiger partial charge in [-0.1, -0.05) is 0 Å². The van der Waals surface area contributed by atoms with Crippen molar-refractivity contribution >= 4 is 12.0 Å². The molecule has 1 heterocycles. The van der Waals surface area contributed by atoms with Gasteiger partial charge in [0.1, 0.15) is 12.1 Å². The van der Waals surface area contributed by atoms with E-state index in [1.54, 1.807) is 0 Å². The molecule has 1 aromatic heterocycles. The molecule has 1 aromatic carbocycles. The van der Waals surface area contributed by atoms with Crippen LogP contribution in [-0.4, -0.2) is 22.7 Å². The number of nitrogens with one attached hydrogen (secondary N) is 1. The Bertz CT molecular complexity index is 492. The van der Waals surface area contributed by atoms with E-state index in [1.807, 2.05) is 54.3 Å². The Morgan fingerprint density at radius 1 is 1.21 bits per heavy atom. The smallest absolute Gasteiger partial charge is 0.119 e. The van der Waals surface area contributed by atoms with Crippen LogP contribution in [0.5, 0.6) is 5.75 Å². The van der Waals surface area contributed by atoms with Crippen molar-refractivity contribution in [2.24, 2.45) is 4.99 Å². The van der Waals surface area contributed by atoms with E-state index < -0.39 is 0 Å². The van der Waals surface area contributed by atoms with Crippen LogP contribution in [-0.2, 0) is 6.54 Å². The highest BCUT2D eigenvalue weighted by Crippen LogP contribution is 2.17. The Morgan fingerprint density at radius 2 is 1.95 bits per heavy atom. The highest BCUT2D eigenvalue weighted by Gasteiger charge is 1.95. The third kappa shape index (κ3) is 4.48. The van der Waals surface area contributed by atoms with E-state index >= 15 is 0 Å². The maximum Gasteiger partial charge on any atom is 0.119 e. The van der Waals surface area contributed by atoms with Crippen LogP contribution >= 0.6 is 0 Å².